The number of anilines is 2. The zero-order valence-corrected chi connectivity index (χ0v) is 11.0. The van der Waals surface area contributed by atoms with Gasteiger partial charge in [0.1, 0.15) is 0 Å². The number of nitrogens with zero attached hydrogens (tertiary/aromatic N) is 1. The minimum Gasteiger partial charge on any atom is -0.324 e. The van der Waals surface area contributed by atoms with Crippen LogP contribution < -0.4 is 16.5 Å². The van der Waals surface area contributed by atoms with Crippen molar-refractivity contribution in [2.75, 3.05) is 10.8 Å². The second kappa shape index (κ2) is 6.14. The summed E-state index contributed by atoms with van der Waals surface area (Å²) in [6.07, 6.45) is 1.48. The Kier molecular flexibility index (Phi) is 4.29. The van der Waals surface area contributed by atoms with Gasteiger partial charge in [0.15, 0.2) is 5.82 Å². The van der Waals surface area contributed by atoms with Gasteiger partial charge in [-0.2, -0.15) is 0 Å². The van der Waals surface area contributed by atoms with Crippen molar-refractivity contribution in [1.29, 1.82) is 0 Å². The molecule has 1 aromatic carbocycles. The van der Waals surface area contributed by atoms with Crippen molar-refractivity contribution in [3.8, 4) is 0 Å². The minimum atomic E-state index is -0.240. The highest BCUT2D eigenvalue weighted by Gasteiger charge is 2.07. The van der Waals surface area contributed by atoms with Crippen molar-refractivity contribution in [2.24, 2.45) is 5.73 Å². The van der Waals surface area contributed by atoms with Gasteiger partial charge in [-0.05, 0) is 30.7 Å². The number of carbonyl (C=O) groups is 1. The zero-order valence-electron chi connectivity index (χ0n) is 11.0. The van der Waals surface area contributed by atoms with Crippen molar-refractivity contribution >= 4 is 17.4 Å². The van der Waals surface area contributed by atoms with Gasteiger partial charge in [-0.15, -0.1) is 0 Å². The molecular weight excluding hydrogens is 256 g/mol. The smallest absolute Gasteiger partial charge is 0.255 e. The van der Waals surface area contributed by atoms with Crippen LogP contribution in [-0.4, -0.2) is 16.1 Å². The van der Waals surface area contributed by atoms with Gasteiger partial charge >= 0.3 is 0 Å². The monoisotopic (exact) mass is 272 g/mol. The van der Waals surface area contributed by atoms with Crippen LogP contribution in [0.3, 0.4) is 0 Å². The third-order valence-corrected chi connectivity index (χ3v) is 2.83. The van der Waals surface area contributed by atoms with Crippen LogP contribution in [-0.2, 0) is 0 Å². The molecule has 0 aliphatic heterocycles. The molecule has 0 aliphatic carbocycles. The minimum absolute atomic E-state index is 0.0644. The number of nitrogens with one attached hydrogen (secondary N) is 2. The summed E-state index contributed by atoms with van der Waals surface area (Å²) >= 11 is 0. The normalized spacial score (nSPS) is 11.8. The van der Waals surface area contributed by atoms with Crippen LogP contribution in [0, 0.1) is 0 Å². The molecule has 0 radical (unpaired) electrons. The molecule has 1 atom stereocenters. The van der Waals surface area contributed by atoms with E-state index in [2.05, 4.69) is 10.3 Å². The van der Waals surface area contributed by atoms with Gasteiger partial charge in [0.25, 0.3) is 5.91 Å². The maximum absolute atomic E-state index is 12.0. The van der Waals surface area contributed by atoms with Gasteiger partial charge < -0.3 is 11.1 Å². The summed E-state index contributed by atoms with van der Waals surface area (Å²) in [5.41, 5.74) is 9.72. The highest BCUT2D eigenvalue weighted by molar-refractivity contribution is 6.04. The summed E-state index contributed by atoms with van der Waals surface area (Å²) in [6, 6.07) is 10.2. The fraction of sp³-hybridized carbons (Fsp3) is 0.143. The van der Waals surface area contributed by atoms with E-state index in [9.17, 15) is 4.79 Å². The van der Waals surface area contributed by atoms with Gasteiger partial charge in [0, 0.05) is 29.6 Å². The number of amides is 1. The topological polar surface area (TPSA) is 100 Å². The summed E-state index contributed by atoms with van der Waals surface area (Å²) in [6.45, 7) is 1.88. The average molecular weight is 272 g/mol. The van der Waals surface area contributed by atoms with Gasteiger partial charge in [0.2, 0.25) is 0 Å². The van der Waals surface area contributed by atoms with Crippen LogP contribution >= 0.6 is 0 Å². The largest absolute Gasteiger partial charge is 0.324 e. The molecule has 1 heterocycles. The molecule has 1 amide bonds. The molecule has 2 aromatic rings. The maximum Gasteiger partial charge on any atom is 0.255 e. The number of hydrogen-bond acceptors (Lipinski definition) is 5. The highest BCUT2D eigenvalue weighted by Crippen LogP contribution is 2.14. The van der Waals surface area contributed by atoms with Crippen molar-refractivity contribution < 1.29 is 10.0 Å². The summed E-state index contributed by atoms with van der Waals surface area (Å²) in [5, 5.41) is 11.5. The van der Waals surface area contributed by atoms with E-state index in [1.807, 2.05) is 24.5 Å². The van der Waals surface area contributed by atoms with E-state index in [-0.39, 0.29) is 17.8 Å². The molecule has 0 bridgehead atoms. The van der Waals surface area contributed by atoms with Gasteiger partial charge in [-0.3, -0.25) is 15.5 Å². The average Bonchev–Trinajstić information content (AvgIpc) is 2.47. The third-order valence-electron chi connectivity index (χ3n) is 2.83. The van der Waals surface area contributed by atoms with Crippen LogP contribution in [0.5, 0.6) is 0 Å². The van der Waals surface area contributed by atoms with E-state index in [0.29, 0.717) is 11.3 Å². The van der Waals surface area contributed by atoms with Crippen LogP contribution in [0.15, 0.2) is 42.6 Å². The standard InChI is InChI=1S/C14H16N4O2/c1-9(15)10-2-4-11(5-3-10)14(19)17-12-6-7-16-13(8-12)18-20/h2-9,20H,15H2,1H3,(H2,16,17,18,19). The molecule has 20 heavy (non-hydrogen) atoms. The lowest BCUT2D eigenvalue weighted by atomic mass is 10.1. The van der Waals surface area contributed by atoms with Gasteiger partial charge in [-0.25, -0.2) is 4.98 Å². The number of hydrogen-bond donors (Lipinski definition) is 4. The molecule has 0 spiro atoms. The lowest BCUT2D eigenvalue weighted by Crippen LogP contribution is -2.13. The molecule has 6 nitrogen and oxygen atoms in total. The van der Waals surface area contributed by atoms with Crippen molar-refractivity contribution in [1.82, 2.24) is 4.98 Å². The lowest BCUT2D eigenvalue weighted by Gasteiger charge is -2.08. The second-order valence-electron chi connectivity index (χ2n) is 4.41. The molecule has 2 rings (SSSR count). The van der Waals surface area contributed by atoms with E-state index in [1.54, 1.807) is 18.2 Å². The molecule has 6 heteroatoms. The van der Waals surface area contributed by atoms with Crippen molar-refractivity contribution in [3.05, 3.63) is 53.7 Å². The lowest BCUT2D eigenvalue weighted by molar-refractivity contribution is 0.102. The predicted octanol–water partition coefficient (Wildman–Crippen LogP) is 2.15. The third kappa shape index (κ3) is 3.31. The molecule has 104 valence electrons. The van der Waals surface area contributed by atoms with Crippen LogP contribution in [0.2, 0.25) is 0 Å². The number of rotatable bonds is 4. The Morgan fingerprint density at radius 2 is 2.00 bits per heavy atom. The molecule has 5 N–H and O–H groups in total. The Morgan fingerprint density at radius 1 is 1.30 bits per heavy atom. The molecule has 1 aromatic heterocycles. The van der Waals surface area contributed by atoms with E-state index < -0.39 is 0 Å². The number of carbonyl (C=O) groups excluding carboxylic acids is 1. The SMILES string of the molecule is CC(N)c1ccc(C(=O)Nc2ccnc(NO)c2)cc1. The summed E-state index contributed by atoms with van der Waals surface area (Å²) in [7, 11) is 0. The Labute approximate surface area is 116 Å². The van der Waals surface area contributed by atoms with E-state index in [0.717, 1.165) is 5.56 Å². The second-order valence-corrected chi connectivity index (χ2v) is 4.41. The summed E-state index contributed by atoms with van der Waals surface area (Å²) in [4.78, 5) is 15.9. The van der Waals surface area contributed by atoms with Crippen molar-refractivity contribution in [3.63, 3.8) is 0 Å². The van der Waals surface area contributed by atoms with Crippen LogP contribution in [0.25, 0.3) is 0 Å². The Hall–Kier alpha value is -2.44. The quantitative estimate of drug-likeness (QED) is 0.639. The first-order valence-electron chi connectivity index (χ1n) is 6.13. The fourth-order valence-corrected chi connectivity index (χ4v) is 1.71. The maximum atomic E-state index is 12.0. The first kappa shape index (κ1) is 14.0. The molecular formula is C14H16N4O2. The number of pyridine rings is 1. The first-order valence-corrected chi connectivity index (χ1v) is 6.13. The number of benzene rings is 1. The number of aromatic nitrogens is 1. The van der Waals surface area contributed by atoms with Gasteiger partial charge in [0.05, 0.1) is 0 Å². The van der Waals surface area contributed by atoms with E-state index >= 15 is 0 Å². The molecule has 0 fully saturated rings. The first-order chi connectivity index (χ1) is 9.60. The Morgan fingerprint density at radius 3 is 2.60 bits per heavy atom. The fourth-order valence-electron chi connectivity index (χ4n) is 1.71. The summed E-state index contributed by atoms with van der Waals surface area (Å²) < 4.78 is 0. The van der Waals surface area contributed by atoms with Crippen molar-refractivity contribution in [2.45, 2.75) is 13.0 Å². The molecule has 1 unspecified atom stereocenters. The van der Waals surface area contributed by atoms with Gasteiger partial charge in [-0.1, -0.05) is 12.1 Å². The van der Waals surface area contributed by atoms with E-state index in [4.69, 9.17) is 10.9 Å². The number of nitrogens with two attached hydrogens (primary N) is 1. The molecule has 0 saturated carbocycles. The highest BCUT2D eigenvalue weighted by atomic mass is 16.5. The summed E-state index contributed by atoms with van der Waals surface area (Å²) in [5.74, 6) is 0.0198. The molecule has 0 saturated heterocycles. The van der Waals surface area contributed by atoms with Crippen LogP contribution in [0.1, 0.15) is 28.9 Å². The zero-order chi connectivity index (χ0) is 14.5. The Balaban J connectivity index is 2.11. The predicted molar refractivity (Wildman–Crippen MR) is 76.6 cm³/mol. The van der Waals surface area contributed by atoms with E-state index in [1.165, 1.54) is 12.3 Å². The Bertz CT molecular complexity index is 596. The molecule has 0 aliphatic rings. The van der Waals surface area contributed by atoms with Crippen LogP contribution in [0.4, 0.5) is 11.5 Å².